The number of hydrogen-bond acceptors (Lipinski definition) is 5. The van der Waals surface area contributed by atoms with Crippen LogP contribution in [0.25, 0.3) is 0 Å². The first-order chi connectivity index (χ1) is 17.0. The summed E-state index contributed by atoms with van der Waals surface area (Å²) < 4.78 is 5.83. The van der Waals surface area contributed by atoms with Gasteiger partial charge in [0.15, 0.2) is 5.60 Å². The quantitative estimate of drug-likeness (QED) is 0.558. The maximum atomic E-state index is 13.3. The summed E-state index contributed by atoms with van der Waals surface area (Å²) in [7, 11) is 0. The van der Waals surface area contributed by atoms with Crippen molar-refractivity contribution in [2.24, 2.45) is 0 Å². The summed E-state index contributed by atoms with van der Waals surface area (Å²) >= 11 is 0. The second-order valence-corrected chi connectivity index (χ2v) is 9.43. The maximum absolute atomic E-state index is 13.3. The van der Waals surface area contributed by atoms with Crippen molar-refractivity contribution in [3.05, 3.63) is 95.3 Å². The SMILES string of the molecule is Cc1ccc(C(=O)N2CC[C@@]3(CN(CCc4ccccc4)C(=O)O3)C2)cc1NCc1cccnc1. The molecule has 2 aliphatic heterocycles. The number of nitrogens with zero attached hydrogens (tertiary/aromatic N) is 3. The van der Waals surface area contributed by atoms with Gasteiger partial charge < -0.3 is 19.9 Å². The summed E-state index contributed by atoms with van der Waals surface area (Å²) in [4.78, 5) is 33.6. The number of aryl methyl sites for hydroxylation is 1. The number of ether oxygens (including phenoxy) is 1. The molecule has 0 saturated carbocycles. The molecule has 2 aliphatic rings. The molecular weight excluding hydrogens is 440 g/mol. The van der Waals surface area contributed by atoms with Crippen LogP contribution in [-0.4, -0.2) is 58.6 Å². The van der Waals surface area contributed by atoms with Gasteiger partial charge in [0.05, 0.1) is 13.1 Å². The zero-order chi connectivity index (χ0) is 24.3. The minimum Gasteiger partial charge on any atom is -0.439 e. The minimum absolute atomic E-state index is 0.0370. The van der Waals surface area contributed by atoms with Gasteiger partial charge in [0.1, 0.15) is 0 Å². The van der Waals surface area contributed by atoms with Crippen molar-refractivity contribution < 1.29 is 14.3 Å². The van der Waals surface area contributed by atoms with Crippen LogP contribution < -0.4 is 5.32 Å². The van der Waals surface area contributed by atoms with Gasteiger partial charge in [-0.3, -0.25) is 9.78 Å². The first-order valence-electron chi connectivity index (χ1n) is 12.1. The number of anilines is 1. The van der Waals surface area contributed by atoms with Crippen LogP contribution in [0.4, 0.5) is 10.5 Å². The lowest BCUT2D eigenvalue weighted by molar-refractivity contribution is 0.0553. The highest BCUT2D eigenvalue weighted by molar-refractivity contribution is 5.95. The minimum atomic E-state index is -0.616. The molecule has 5 rings (SSSR count). The van der Waals surface area contributed by atoms with Crippen LogP contribution in [0.15, 0.2) is 73.1 Å². The Hall–Kier alpha value is -3.87. The van der Waals surface area contributed by atoms with Crippen LogP contribution in [0.1, 0.15) is 33.5 Å². The Morgan fingerprint density at radius 3 is 2.71 bits per heavy atom. The first kappa shape index (κ1) is 22.9. The molecule has 0 radical (unpaired) electrons. The normalized spacial score (nSPS) is 19.3. The summed E-state index contributed by atoms with van der Waals surface area (Å²) in [5.41, 5.74) is 4.28. The molecule has 2 fully saturated rings. The van der Waals surface area contributed by atoms with Crippen molar-refractivity contribution in [3.63, 3.8) is 0 Å². The molecule has 7 heteroatoms. The maximum Gasteiger partial charge on any atom is 0.410 e. The lowest BCUT2D eigenvalue weighted by Crippen LogP contribution is -2.39. The number of nitrogens with one attached hydrogen (secondary N) is 1. The van der Waals surface area contributed by atoms with E-state index in [1.807, 2.05) is 66.6 Å². The molecule has 7 nitrogen and oxygen atoms in total. The third kappa shape index (κ3) is 5.14. The molecule has 3 aromatic rings. The molecule has 0 aliphatic carbocycles. The number of rotatable bonds is 7. The molecule has 1 atom stereocenters. The van der Waals surface area contributed by atoms with E-state index in [2.05, 4.69) is 22.4 Å². The van der Waals surface area contributed by atoms with Crippen molar-refractivity contribution in [2.75, 3.05) is 31.5 Å². The van der Waals surface area contributed by atoms with Gasteiger partial charge in [0.2, 0.25) is 0 Å². The third-order valence-corrected chi connectivity index (χ3v) is 6.85. The summed E-state index contributed by atoms with van der Waals surface area (Å²) in [6, 6.07) is 19.8. The van der Waals surface area contributed by atoms with Crippen molar-refractivity contribution in [1.29, 1.82) is 0 Å². The number of carbonyl (C=O) groups is 2. The number of aromatic nitrogens is 1. The molecule has 180 valence electrons. The van der Waals surface area contributed by atoms with Crippen molar-refractivity contribution in [3.8, 4) is 0 Å². The van der Waals surface area contributed by atoms with E-state index < -0.39 is 5.60 Å². The Labute approximate surface area is 205 Å². The van der Waals surface area contributed by atoms with Crippen LogP contribution in [-0.2, 0) is 17.7 Å². The fraction of sp³-hybridized carbons (Fsp3) is 0.321. The van der Waals surface area contributed by atoms with Gasteiger partial charge in [0.25, 0.3) is 5.91 Å². The van der Waals surface area contributed by atoms with E-state index >= 15 is 0 Å². The third-order valence-electron chi connectivity index (χ3n) is 6.85. The van der Waals surface area contributed by atoms with Crippen molar-refractivity contribution in [1.82, 2.24) is 14.8 Å². The summed E-state index contributed by atoms with van der Waals surface area (Å²) in [5.74, 6) is -0.0370. The van der Waals surface area contributed by atoms with Gasteiger partial charge >= 0.3 is 6.09 Å². The number of benzene rings is 2. The van der Waals surface area contributed by atoms with Gasteiger partial charge in [-0.15, -0.1) is 0 Å². The average Bonchev–Trinajstić information content (AvgIpc) is 3.44. The number of hydrogen-bond donors (Lipinski definition) is 1. The number of carbonyl (C=O) groups excluding carboxylic acids is 2. The van der Waals surface area contributed by atoms with Gasteiger partial charge in [-0.1, -0.05) is 42.5 Å². The van der Waals surface area contributed by atoms with E-state index in [1.54, 1.807) is 11.1 Å². The Bertz CT molecular complexity index is 1200. The molecule has 0 bridgehead atoms. The van der Waals surface area contributed by atoms with Gasteiger partial charge in [0, 0.05) is 49.7 Å². The highest BCUT2D eigenvalue weighted by atomic mass is 16.6. The van der Waals surface area contributed by atoms with E-state index in [0.29, 0.717) is 44.7 Å². The fourth-order valence-corrected chi connectivity index (χ4v) is 4.83. The zero-order valence-corrected chi connectivity index (χ0v) is 19.9. The molecule has 1 aromatic heterocycles. The Kier molecular flexibility index (Phi) is 6.40. The van der Waals surface area contributed by atoms with Crippen molar-refractivity contribution in [2.45, 2.75) is 31.9 Å². The van der Waals surface area contributed by atoms with E-state index in [9.17, 15) is 9.59 Å². The predicted octanol–water partition coefficient (Wildman–Crippen LogP) is 4.28. The number of pyridine rings is 1. The molecule has 2 aromatic carbocycles. The zero-order valence-electron chi connectivity index (χ0n) is 19.9. The van der Waals surface area contributed by atoms with Crippen LogP contribution >= 0.6 is 0 Å². The molecule has 3 heterocycles. The highest BCUT2D eigenvalue weighted by Crippen LogP contribution is 2.33. The van der Waals surface area contributed by atoms with Gasteiger partial charge in [-0.2, -0.15) is 0 Å². The molecular formula is C28H30N4O3. The summed E-state index contributed by atoms with van der Waals surface area (Å²) in [6.45, 7) is 4.79. The predicted molar refractivity (Wildman–Crippen MR) is 134 cm³/mol. The number of likely N-dealkylation sites (tertiary alicyclic amines) is 1. The first-order valence-corrected chi connectivity index (χ1v) is 12.1. The van der Waals surface area contributed by atoms with Crippen molar-refractivity contribution >= 4 is 17.7 Å². The van der Waals surface area contributed by atoms with E-state index in [1.165, 1.54) is 5.56 Å². The second-order valence-electron chi connectivity index (χ2n) is 9.43. The standard InChI is InChI=1S/C28H30N4O3/c1-21-9-10-24(16-25(21)30-18-23-8-5-13-29-17-23)26(33)31-15-12-28(19-31)20-32(27(34)35-28)14-11-22-6-3-2-4-7-22/h2-10,13,16-17,30H,11-12,14-15,18-20H2,1H3/t28-/m0/s1. The Morgan fingerprint density at radius 2 is 1.91 bits per heavy atom. The molecule has 0 unspecified atom stereocenters. The second kappa shape index (κ2) is 9.78. The molecule has 35 heavy (non-hydrogen) atoms. The fourth-order valence-electron chi connectivity index (χ4n) is 4.83. The van der Waals surface area contributed by atoms with Crippen LogP contribution in [0.2, 0.25) is 0 Å². The van der Waals surface area contributed by atoms with Crippen LogP contribution in [0.3, 0.4) is 0 Å². The van der Waals surface area contributed by atoms with Crippen LogP contribution in [0, 0.1) is 6.92 Å². The number of amides is 2. The average molecular weight is 471 g/mol. The lowest BCUT2D eigenvalue weighted by atomic mass is 10.0. The highest BCUT2D eigenvalue weighted by Gasteiger charge is 2.50. The molecule has 2 saturated heterocycles. The Balaban J connectivity index is 1.21. The van der Waals surface area contributed by atoms with Gasteiger partial charge in [-0.25, -0.2) is 4.79 Å². The molecule has 1 spiro atoms. The smallest absolute Gasteiger partial charge is 0.410 e. The Morgan fingerprint density at radius 1 is 1.09 bits per heavy atom. The summed E-state index contributed by atoms with van der Waals surface area (Å²) in [6.07, 6.45) is 4.73. The lowest BCUT2D eigenvalue weighted by Gasteiger charge is -2.22. The molecule has 2 amide bonds. The molecule has 1 N–H and O–H groups in total. The van der Waals surface area contributed by atoms with E-state index in [0.717, 1.165) is 23.2 Å². The van der Waals surface area contributed by atoms with E-state index in [-0.39, 0.29) is 12.0 Å². The summed E-state index contributed by atoms with van der Waals surface area (Å²) in [5, 5.41) is 3.42. The van der Waals surface area contributed by atoms with Crippen LogP contribution in [0.5, 0.6) is 0 Å². The van der Waals surface area contributed by atoms with Gasteiger partial charge in [-0.05, 0) is 48.2 Å². The topological polar surface area (TPSA) is 74.8 Å². The van der Waals surface area contributed by atoms with E-state index in [4.69, 9.17) is 4.74 Å². The monoisotopic (exact) mass is 470 g/mol. The largest absolute Gasteiger partial charge is 0.439 e.